The van der Waals surface area contributed by atoms with Gasteiger partial charge in [0.05, 0.1) is 29.2 Å². The molecule has 9 heteroatoms. The molecule has 0 amide bonds. The van der Waals surface area contributed by atoms with Gasteiger partial charge < -0.3 is 10.1 Å². The highest BCUT2D eigenvalue weighted by molar-refractivity contribution is 5.92. The minimum Gasteiger partial charge on any atom is -0.375 e. The predicted octanol–water partition coefficient (Wildman–Crippen LogP) is 6.33. The lowest BCUT2D eigenvalue weighted by atomic mass is 10.1. The monoisotopic (exact) mass is 467 g/mol. The number of rotatable bonds is 7. The van der Waals surface area contributed by atoms with Gasteiger partial charge in [0.1, 0.15) is 11.5 Å². The van der Waals surface area contributed by atoms with Gasteiger partial charge in [-0.05, 0) is 54.8 Å². The van der Waals surface area contributed by atoms with Gasteiger partial charge in [0.25, 0.3) is 0 Å². The summed E-state index contributed by atoms with van der Waals surface area (Å²) in [4.78, 5) is 17.3. The van der Waals surface area contributed by atoms with Crippen LogP contribution >= 0.6 is 0 Å². The number of nitrogens with zero attached hydrogens (tertiary/aromatic N) is 4. The van der Waals surface area contributed by atoms with E-state index in [0.29, 0.717) is 35.1 Å². The van der Waals surface area contributed by atoms with Crippen LogP contribution in [0.5, 0.6) is 0 Å². The van der Waals surface area contributed by atoms with Crippen LogP contribution in [0.25, 0.3) is 22.4 Å². The highest BCUT2D eigenvalue weighted by Gasteiger charge is 2.34. The lowest BCUT2D eigenvalue weighted by Gasteiger charge is -2.14. The molecule has 0 bridgehead atoms. The van der Waals surface area contributed by atoms with Crippen LogP contribution < -0.4 is 5.32 Å². The Morgan fingerprint density at radius 1 is 1.03 bits per heavy atom. The van der Waals surface area contributed by atoms with E-state index in [4.69, 9.17) is 4.74 Å². The minimum atomic E-state index is -4.55. The van der Waals surface area contributed by atoms with Crippen molar-refractivity contribution in [3.8, 4) is 11.4 Å². The Labute approximate surface area is 195 Å². The van der Waals surface area contributed by atoms with Crippen LogP contribution in [0, 0.1) is 12.8 Å². The molecular weight excluding hydrogens is 443 g/mol. The van der Waals surface area contributed by atoms with Crippen LogP contribution in [0.1, 0.15) is 30.7 Å². The van der Waals surface area contributed by atoms with Gasteiger partial charge in [-0.3, -0.25) is 4.98 Å². The van der Waals surface area contributed by atoms with Gasteiger partial charge in [-0.2, -0.15) is 13.2 Å². The van der Waals surface area contributed by atoms with Crippen molar-refractivity contribution in [3.05, 3.63) is 71.7 Å². The van der Waals surface area contributed by atoms with Crippen molar-refractivity contribution in [2.75, 3.05) is 11.9 Å². The number of hydrogen-bond donors (Lipinski definition) is 1. The fraction of sp³-hybridized carbons (Fsp3) is 0.280. The van der Waals surface area contributed by atoms with E-state index in [2.05, 4.69) is 25.3 Å². The molecule has 0 aromatic carbocycles. The Morgan fingerprint density at radius 3 is 2.56 bits per heavy atom. The van der Waals surface area contributed by atoms with Gasteiger partial charge >= 0.3 is 6.18 Å². The molecule has 0 aliphatic carbocycles. The van der Waals surface area contributed by atoms with Crippen molar-refractivity contribution in [2.45, 2.75) is 33.6 Å². The summed E-state index contributed by atoms with van der Waals surface area (Å²) in [6, 6.07) is 11.1. The Morgan fingerprint density at radius 2 is 1.85 bits per heavy atom. The molecule has 0 saturated carbocycles. The van der Waals surface area contributed by atoms with Crippen molar-refractivity contribution in [2.24, 2.45) is 5.92 Å². The topological polar surface area (TPSA) is 72.8 Å². The summed E-state index contributed by atoms with van der Waals surface area (Å²) in [5, 5.41) is 3.91. The molecule has 0 aliphatic heterocycles. The highest BCUT2D eigenvalue weighted by atomic mass is 19.4. The van der Waals surface area contributed by atoms with Crippen molar-refractivity contribution in [3.63, 3.8) is 0 Å². The van der Waals surface area contributed by atoms with Gasteiger partial charge in [0.2, 0.25) is 0 Å². The van der Waals surface area contributed by atoms with E-state index in [0.717, 1.165) is 11.6 Å². The molecule has 0 aliphatic rings. The number of hydrogen-bond acceptors (Lipinski definition) is 6. The smallest absolute Gasteiger partial charge is 0.375 e. The lowest BCUT2D eigenvalue weighted by Crippen LogP contribution is -2.09. The molecule has 0 fully saturated rings. The second-order valence-electron chi connectivity index (χ2n) is 8.38. The standard InChI is InChI=1S/C25H24F3N5O/c1-15(2)13-34-14-17-11-21(32-22-9-6-16(3)12-30-22)18-7-8-20(33-24(18)31-17)23-19(25(26,27)28)5-4-10-29-23/h4-12,15H,13-14H2,1-3H3,(H,30,31,32,33). The zero-order valence-electron chi connectivity index (χ0n) is 19.0. The maximum atomic E-state index is 13.5. The quantitative estimate of drug-likeness (QED) is 0.342. The molecule has 0 atom stereocenters. The number of nitrogens with one attached hydrogen (secondary N) is 1. The molecule has 1 N–H and O–H groups in total. The molecule has 4 rings (SSSR count). The second kappa shape index (κ2) is 9.72. The molecule has 4 heterocycles. The van der Waals surface area contributed by atoms with E-state index in [1.165, 1.54) is 18.3 Å². The van der Waals surface area contributed by atoms with Crippen LogP contribution in [0.4, 0.5) is 24.7 Å². The first kappa shape index (κ1) is 23.6. The maximum absolute atomic E-state index is 13.5. The van der Waals surface area contributed by atoms with Gasteiger partial charge in [-0.25, -0.2) is 15.0 Å². The molecule has 0 radical (unpaired) electrons. The maximum Gasteiger partial charge on any atom is 0.418 e. The normalized spacial score (nSPS) is 11.9. The fourth-order valence-electron chi connectivity index (χ4n) is 3.38. The van der Waals surface area contributed by atoms with E-state index in [1.54, 1.807) is 12.3 Å². The van der Waals surface area contributed by atoms with Crippen LogP contribution in [-0.4, -0.2) is 26.5 Å². The van der Waals surface area contributed by atoms with Crippen LogP contribution in [-0.2, 0) is 17.5 Å². The third-order valence-electron chi connectivity index (χ3n) is 4.96. The molecule has 0 saturated heterocycles. The number of halogens is 3. The van der Waals surface area contributed by atoms with Gasteiger partial charge in [-0.15, -0.1) is 0 Å². The molecule has 0 unspecified atom stereocenters. The SMILES string of the molecule is Cc1ccc(Nc2cc(COCC(C)C)nc3nc(-c4ncccc4C(F)(F)F)ccc23)nc1. The van der Waals surface area contributed by atoms with Crippen molar-refractivity contribution >= 4 is 22.5 Å². The summed E-state index contributed by atoms with van der Waals surface area (Å²) >= 11 is 0. The number of ether oxygens (including phenoxy) is 1. The molecule has 4 aromatic rings. The summed E-state index contributed by atoms with van der Waals surface area (Å²) in [7, 11) is 0. The van der Waals surface area contributed by atoms with Gasteiger partial charge in [-0.1, -0.05) is 19.9 Å². The number of aryl methyl sites for hydroxylation is 1. The molecule has 176 valence electrons. The molecule has 34 heavy (non-hydrogen) atoms. The van der Waals surface area contributed by atoms with E-state index >= 15 is 0 Å². The summed E-state index contributed by atoms with van der Waals surface area (Å²) in [6.07, 6.45) is -1.49. The molecular formula is C25H24F3N5O. The van der Waals surface area contributed by atoms with Gasteiger partial charge in [0.15, 0.2) is 5.65 Å². The second-order valence-corrected chi connectivity index (χ2v) is 8.38. The number of pyridine rings is 4. The van der Waals surface area contributed by atoms with Crippen molar-refractivity contribution in [1.82, 2.24) is 19.9 Å². The molecule has 4 aromatic heterocycles. The summed E-state index contributed by atoms with van der Waals surface area (Å²) in [5.74, 6) is 0.977. The lowest BCUT2D eigenvalue weighted by molar-refractivity contribution is -0.137. The molecule has 0 spiro atoms. The van der Waals surface area contributed by atoms with E-state index in [9.17, 15) is 13.2 Å². The Bertz CT molecular complexity index is 1290. The Kier molecular flexibility index (Phi) is 6.74. The first-order valence-corrected chi connectivity index (χ1v) is 10.8. The largest absolute Gasteiger partial charge is 0.418 e. The van der Waals surface area contributed by atoms with Crippen molar-refractivity contribution < 1.29 is 17.9 Å². The number of aromatic nitrogens is 4. The van der Waals surface area contributed by atoms with E-state index < -0.39 is 11.7 Å². The Balaban J connectivity index is 1.79. The zero-order valence-corrected chi connectivity index (χ0v) is 19.0. The van der Waals surface area contributed by atoms with Gasteiger partial charge in [0, 0.05) is 24.4 Å². The third-order valence-corrected chi connectivity index (χ3v) is 4.96. The molecule has 6 nitrogen and oxygen atoms in total. The van der Waals surface area contributed by atoms with Crippen molar-refractivity contribution in [1.29, 1.82) is 0 Å². The summed E-state index contributed by atoms with van der Waals surface area (Å²) in [6.45, 7) is 6.83. The van der Waals surface area contributed by atoms with Crippen LogP contribution in [0.2, 0.25) is 0 Å². The third kappa shape index (κ3) is 5.48. The highest BCUT2D eigenvalue weighted by Crippen LogP contribution is 2.36. The minimum absolute atomic E-state index is 0.0904. The number of alkyl halides is 3. The van der Waals surface area contributed by atoms with E-state index in [-0.39, 0.29) is 23.6 Å². The predicted molar refractivity (Wildman–Crippen MR) is 125 cm³/mol. The number of anilines is 2. The average Bonchev–Trinajstić information content (AvgIpc) is 2.79. The first-order valence-electron chi connectivity index (χ1n) is 10.8. The van der Waals surface area contributed by atoms with Crippen LogP contribution in [0.15, 0.2) is 54.9 Å². The number of fused-ring (bicyclic) bond motifs is 1. The summed E-state index contributed by atoms with van der Waals surface area (Å²) in [5.41, 5.74) is 1.60. The van der Waals surface area contributed by atoms with Crippen LogP contribution in [0.3, 0.4) is 0 Å². The fourth-order valence-corrected chi connectivity index (χ4v) is 3.38. The first-order chi connectivity index (χ1) is 16.2. The zero-order chi connectivity index (χ0) is 24.3. The van der Waals surface area contributed by atoms with E-state index in [1.807, 2.05) is 39.0 Å². The Hall–Kier alpha value is -3.59. The average molecular weight is 467 g/mol. The summed E-state index contributed by atoms with van der Waals surface area (Å²) < 4.78 is 46.3.